The lowest BCUT2D eigenvalue weighted by Gasteiger charge is -2.35. The van der Waals surface area contributed by atoms with Crippen molar-refractivity contribution in [3.05, 3.63) is 29.3 Å². The lowest BCUT2D eigenvalue weighted by Crippen LogP contribution is -2.49. The zero-order valence-corrected chi connectivity index (χ0v) is 14.9. The number of para-hydroxylation sites is 1. The number of piperazine rings is 1. The first kappa shape index (κ1) is 18.2. The standard InChI is InChI=1S/C17H24Cl2N2O2/c18-9-5-1-2-6-14-23-17(22)21-12-10-20(11-13-21)16-8-4-3-7-15(16)19/h3-4,7-8H,1-2,5-6,9-14H2. The van der Waals surface area contributed by atoms with E-state index in [0.29, 0.717) is 25.6 Å². The maximum absolute atomic E-state index is 12.0. The summed E-state index contributed by atoms with van der Waals surface area (Å²) in [7, 11) is 0. The van der Waals surface area contributed by atoms with Crippen molar-refractivity contribution in [2.24, 2.45) is 0 Å². The predicted molar refractivity (Wildman–Crippen MR) is 95.8 cm³/mol. The minimum absolute atomic E-state index is 0.207. The zero-order valence-electron chi connectivity index (χ0n) is 13.3. The molecule has 0 saturated carbocycles. The number of hydrogen-bond acceptors (Lipinski definition) is 3. The summed E-state index contributed by atoms with van der Waals surface area (Å²) in [5, 5.41) is 0.750. The summed E-state index contributed by atoms with van der Waals surface area (Å²) < 4.78 is 5.34. The molecule has 1 amide bonds. The molecule has 0 atom stereocenters. The van der Waals surface area contributed by atoms with Gasteiger partial charge in [-0.05, 0) is 25.0 Å². The topological polar surface area (TPSA) is 32.8 Å². The van der Waals surface area contributed by atoms with Crippen molar-refractivity contribution in [2.75, 3.05) is 43.6 Å². The fraction of sp³-hybridized carbons (Fsp3) is 0.588. The third-order valence-corrected chi connectivity index (χ3v) is 4.57. The molecule has 128 valence electrons. The monoisotopic (exact) mass is 358 g/mol. The van der Waals surface area contributed by atoms with E-state index < -0.39 is 0 Å². The van der Waals surface area contributed by atoms with Crippen LogP contribution in [-0.2, 0) is 4.74 Å². The highest BCUT2D eigenvalue weighted by atomic mass is 35.5. The summed E-state index contributed by atoms with van der Waals surface area (Å²) in [5.74, 6) is 0.704. The van der Waals surface area contributed by atoms with Crippen molar-refractivity contribution in [1.82, 2.24) is 4.90 Å². The van der Waals surface area contributed by atoms with Crippen LogP contribution in [0, 0.1) is 0 Å². The lowest BCUT2D eigenvalue weighted by molar-refractivity contribution is 0.0985. The number of hydrogen-bond donors (Lipinski definition) is 0. The molecule has 2 rings (SSSR count). The van der Waals surface area contributed by atoms with E-state index in [0.717, 1.165) is 49.5 Å². The second kappa shape index (κ2) is 9.89. The van der Waals surface area contributed by atoms with Crippen LogP contribution >= 0.6 is 23.2 Å². The van der Waals surface area contributed by atoms with Crippen molar-refractivity contribution < 1.29 is 9.53 Å². The lowest BCUT2D eigenvalue weighted by atomic mass is 10.2. The van der Waals surface area contributed by atoms with Gasteiger partial charge in [-0.1, -0.05) is 36.6 Å². The normalized spacial score (nSPS) is 14.9. The molecule has 1 heterocycles. The molecule has 4 nitrogen and oxygen atoms in total. The highest BCUT2D eigenvalue weighted by Crippen LogP contribution is 2.26. The Bertz CT molecular complexity index is 491. The van der Waals surface area contributed by atoms with Crippen LogP contribution < -0.4 is 4.90 Å². The van der Waals surface area contributed by atoms with Gasteiger partial charge in [0, 0.05) is 32.1 Å². The van der Waals surface area contributed by atoms with Crippen molar-refractivity contribution in [3.8, 4) is 0 Å². The van der Waals surface area contributed by atoms with E-state index in [1.54, 1.807) is 4.90 Å². The number of unbranched alkanes of at least 4 members (excludes halogenated alkanes) is 3. The third kappa shape index (κ3) is 5.78. The molecule has 0 bridgehead atoms. The molecule has 0 N–H and O–H groups in total. The Labute approximate surface area is 148 Å². The molecule has 1 aromatic carbocycles. The molecule has 0 unspecified atom stereocenters. The number of nitrogens with zero attached hydrogens (tertiary/aromatic N) is 2. The van der Waals surface area contributed by atoms with Gasteiger partial charge in [-0.3, -0.25) is 0 Å². The van der Waals surface area contributed by atoms with Gasteiger partial charge in [-0.25, -0.2) is 4.79 Å². The molecule has 1 aliphatic heterocycles. The van der Waals surface area contributed by atoms with Crippen molar-refractivity contribution in [3.63, 3.8) is 0 Å². The molecular formula is C17H24Cl2N2O2. The van der Waals surface area contributed by atoms with Gasteiger partial charge in [-0.2, -0.15) is 0 Å². The molecule has 1 saturated heterocycles. The Hall–Kier alpha value is -1.13. The van der Waals surface area contributed by atoms with Gasteiger partial charge in [0.25, 0.3) is 0 Å². The molecule has 1 aliphatic rings. The summed E-state index contributed by atoms with van der Waals surface area (Å²) in [6.07, 6.45) is 3.88. The predicted octanol–water partition coefficient (Wildman–Crippen LogP) is 4.40. The molecule has 0 spiro atoms. The fourth-order valence-corrected chi connectivity index (χ4v) is 3.08. The number of anilines is 1. The van der Waals surface area contributed by atoms with Gasteiger partial charge >= 0.3 is 6.09 Å². The number of ether oxygens (including phenoxy) is 1. The Morgan fingerprint density at radius 2 is 1.74 bits per heavy atom. The van der Waals surface area contributed by atoms with Crippen LogP contribution in [-0.4, -0.2) is 49.7 Å². The van der Waals surface area contributed by atoms with E-state index >= 15 is 0 Å². The van der Waals surface area contributed by atoms with E-state index in [2.05, 4.69) is 4.90 Å². The van der Waals surface area contributed by atoms with Gasteiger partial charge in [0.15, 0.2) is 0 Å². The van der Waals surface area contributed by atoms with Crippen molar-refractivity contribution in [1.29, 1.82) is 0 Å². The number of rotatable bonds is 7. The summed E-state index contributed by atoms with van der Waals surface area (Å²) in [5.41, 5.74) is 1.03. The van der Waals surface area contributed by atoms with Crippen molar-refractivity contribution >= 4 is 35.0 Å². The maximum atomic E-state index is 12.0. The number of alkyl halides is 1. The number of carbonyl (C=O) groups excluding carboxylic acids is 1. The van der Waals surface area contributed by atoms with Gasteiger partial charge in [0.2, 0.25) is 0 Å². The molecule has 1 aromatic rings. The van der Waals surface area contributed by atoms with E-state index in [4.69, 9.17) is 27.9 Å². The minimum Gasteiger partial charge on any atom is -0.449 e. The maximum Gasteiger partial charge on any atom is 0.409 e. The average Bonchev–Trinajstić information content (AvgIpc) is 2.58. The largest absolute Gasteiger partial charge is 0.449 e. The molecule has 23 heavy (non-hydrogen) atoms. The Balaban J connectivity index is 1.68. The van der Waals surface area contributed by atoms with Crippen LogP contribution in [0.15, 0.2) is 24.3 Å². The van der Waals surface area contributed by atoms with Crippen LogP contribution in [0.4, 0.5) is 10.5 Å². The SMILES string of the molecule is O=C(OCCCCCCCl)N1CCN(c2ccccc2Cl)CC1. The molecular weight excluding hydrogens is 335 g/mol. The Kier molecular flexibility index (Phi) is 7.83. The number of amides is 1. The first-order chi connectivity index (χ1) is 11.2. The zero-order chi connectivity index (χ0) is 16.5. The van der Waals surface area contributed by atoms with E-state index in [1.807, 2.05) is 24.3 Å². The second-order valence-corrected chi connectivity index (χ2v) is 6.43. The average molecular weight is 359 g/mol. The number of carbonyl (C=O) groups is 1. The molecule has 0 radical (unpaired) electrons. The first-order valence-corrected chi connectivity index (χ1v) is 9.11. The summed E-state index contributed by atoms with van der Waals surface area (Å²) in [4.78, 5) is 16.0. The summed E-state index contributed by atoms with van der Waals surface area (Å²) >= 11 is 11.8. The highest BCUT2D eigenvalue weighted by molar-refractivity contribution is 6.33. The molecule has 1 fully saturated rings. The van der Waals surface area contributed by atoms with Crippen LogP contribution in [0.2, 0.25) is 5.02 Å². The first-order valence-electron chi connectivity index (χ1n) is 8.19. The van der Waals surface area contributed by atoms with E-state index in [1.165, 1.54) is 0 Å². The van der Waals surface area contributed by atoms with Crippen LogP contribution in [0.25, 0.3) is 0 Å². The number of halogens is 2. The van der Waals surface area contributed by atoms with Gasteiger partial charge < -0.3 is 14.5 Å². The van der Waals surface area contributed by atoms with Gasteiger partial charge in [0.1, 0.15) is 0 Å². The second-order valence-electron chi connectivity index (χ2n) is 5.64. The van der Waals surface area contributed by atoms with Crippen LogP contribution in [0.3, 0.4) is 0 Å². The number of benzene rings is 1. The van der Waals surface area contributed by atoms with Crippen molar-refractivity contribution in [2.45, 2.75) is 25.7 Å². The smallest absolute Gasteiger partial charge is 0.409 e. The van der Waals surface area contributed by atoms with Gasteiger partial charge in [0.05, 0.1) is 17.3 Å². The van der Waals surface area contributed by atoms with Crippen LogP contribution in [0.5, 0.6) is 0 Å². The summed E-state index contributed by atoms with van der Waals surface area (Å²) in [6, 6.07) is 7.80. The van der Waals surface area contributed by atoms with E-state index in [9.17, 15) is 4.79 Å². The Morgan fingerprint density at radius 3 is 2.43 bits per heavy atom. The van der Waals surface area contributed by atoms with E-state index in [-0.39, 0.29) is 6.09 Å². The fourth-order valence-electron chi connectivity index (χ4n) is 2.64. The van der Waals surface area contributed by atoms with Crippen LogP contribution in [0.1, 0.15) is 25.7 Å². The Morgan fingerprint density at radius 1 is 1.04 bits per heavy atom. The third-order valence-electron chi connectivity index (χ3n) is 3.98. The molecule has 0 aromatic heterocycles. The molecule has 6 heteroatoms. The quantitative estimate of drug-likeness (QED) is 0.534. The molecule has 0 aliphatic carbocycles. The summed E-state index contributed by atoms with van der Waals surface area (Å²) in [6.45, 7) is 3.36. The minimum atomic E-state index is -0.207. The van der Waals surface area contributed by atoms with Gasteiger partial charge in [-0.15, -0.1) is 11.6 Å². The highest BCUT2D eigenvalue weighted by Gasteiger charge is 2.23.